The highest BCUT2D eigenvalue weighted by molar-refractivity contribution is 5.95. The highest BCUT2D eigenvalue weighted by atomic mass is 16.5. The van der Waals surface area contributed by atoms with Crippen LogP contribution in [0.15, 0.2) is 73.0 Å². The number of hydrogen-bond acceptors (Lipinski definition) is 4. The Labute approximate surface area is 211 Å². The zero-order chi connectivity index (χ0) is 25.3. The van der Waals surface area contributed by atoms with Crippen molar-refractivity contribution in [2.24, 2.45) is 0 Å². The fourth-order valence-corrected chi connectivity index (χ4v) is 4.60. The van der Waals surface area contributed by atoms with E-state index in [1.807, 2.05) is 29.3 Å². The third-order valence-electron chi connectivity index (χ3n) is 6.62. The van der Waals surface area contributed by atoms with Crippen LogP contribution in [0.2, 0.25) is 0 Å². The van der Waals surface area contributed by atoms with E-state index in [-0.39, 0.29) is 17.9 Å². The van der Waals surface area contributed by atoms with Gasteiger partial charge in [-0.15, -0.1) is 0 Å². The molecule has 1 aliphatic carbocycles. The first kappa shape index (κ1) is 25.3. The Hall–Kier alpha value is -3.84. The number of ether oxygens (including phenoxy) is 1. The molecule has 1 aromatic heterocycles. The van der Waals surface area contributed by atoms with Gasteiger partial charge in [0.1, 0.15) is 5.75 Å². The summed E-state index contributed by atoms with van der Waals surface area (Å²) in [6, 6.07) is 15.7. The number of aromatic nitrogens is 1. The normalized spacial score (nSPS) is 14.9. The number of methoxy groups -OCH3 is 1. The topological polar surface area (TPSA) is 94.7 Å². The summed E-state index contributed by atoms with van der Waals surface area (Å²) >= 11 is 0. The van der Waals surface area contributed by atoms with Crippen molar-refractivity contribution in [2.75, 3.05) is 13.7 Å². The molecule has 0 bridgehead atoms. The van der Waals surface area contributed by atoms with Crippen LogP contribution in [-0.4, -0.2) is 46.6 Å². The van der Waals surface area contributed by atoms with Gasteiger partial charge in [-0.1, -0.05) is 49.3 Å². The molecule has 0 radical (unpaired) electrons. The van der Waals surface area contributed by atoms with Gasteiger partial charge in [0.25, 0.3) is 5.91 Å². The predicted octanol–water partition coefficient (Wildman–Crippen LogP) is 5.49. The molecule has 1 heterocycles. The zero-order valence-corrected chi connectivity index (χ0v) is 20.6. The lowest BCUT2D eigenvalue weighted by molar-refractivity contribution is -0.129. The van der Waals surface area contributed by atoms with Crippen molar-refractivity contribution >= 4 is 28.3 Å². The summed E-state index contributed by atoms with van der Waals surface area (Å²) in [6.07, 6.45) is 12.7. The van der Waals surface area contributed by atoms with Crippen LogP contribution in [0.3, 0.4) is 0 Å². The molecule has 1 aliphatic rings. The number of fused-ring (bicyclic) bond motifs is 1. The first-order valence-electron chi connectivity index (χ1n) is 12.4. The molecular formula is C29H33N3O4. The Morgan fingerprint density at radius 3 is 2.75 bits per heavy atom. The Kier molecular flexibility index (Phi) is 8.57. The number of rotatable bonds is 11. The minimum absolute atomic E-state index is 0.0205. The molecule has 0 fully saturated rings. The summed E-state index contributed by atoms with van der Waals surface area (Å²) in [7, 11) is 1.60. The van der Waals surface area contributed by atoms with Crippen molar-refractivity contribution in [3.8, 4) is 5.75 Å². The van der Waals surface area contributed by atoms with E-state index >= 15 is 0 Å². The number of hydrogen-bond donors (Lipinski definition) is 3. The van der Waals surface area contributed by atoms with Crippen molar-refractivity contribution in [3.05, 3.63) is 84.1 Å². The molecule has 3 aromatic rings. The molecule has 0 saturated heterocycles. The molecule has 188 valence electrons. The lowest BCUT2D eigenvalue weighted by atomic mass is 9.95. The van der Waals surface area contributed by atoms with E-state index in [1.54, 1.807) is 18.7 Å². The summed E-state index contributed by atoms with van der Waals surface area (Å²) in [6.45, 7) is 0.620. The number of allylic oxidation sites excluding steroid dienone is 2. The van der Waals surface area contributed by atoms with Gasteiger partial charge < -0.3 is 14.6 Å². The predicted molar refractivity (Wildman–Crippen MR) is 141 cm³/mol. The fourth-order valence-electron chi connectivity index (χ4n) is 4.60. The highest BCUT2D eigenvalue weighted by Crippen LogP contribution is 2.27. The number of carbonyl (C=O) groups excluding carboxylic acids is 2. The first-order chi connectivity index (χ1) is 17.6. The van der Waals surface area contributed by atoms with Crippen molar-refractivity contribution < 1.29 is 19.5 Å². The van der Waals surface area contributed by atoms with Crippen LogP contribution < -0.4 is 10.2 Å². The highest BCUT2D eigenvalue weighted by Gasteiger charge is 2.24. The Bertz CT molecular complexity index is 1260. The molecular weight excluding hydrogens is 454 g/mol. The van der Waals surface area contributed by atoms with Crippen LogP contribution in [-0.2, 0) is 4.79 Å². The molecule has 1 atom stereocenters. The lowest BCUT2D eigenvalue weighted by Crippen LogP contribution is -2.40. The Morgan fingerprint density at radius 2 is 1.97 bits per heavy atom. The molecule has 1 unspecified atom stereocenters. The van der Waals surface area contributed by atoms with Crippen LogP contribution in [0.1, 0.15) is 54.4 Å². The monoisotopic (exact) mass is 487 g/mol. The molecule has 0 spiro atoms. The van der Waals surface area contributed by atoms with Gasteiger partial charge in [-0.05, 0) is 66.1 Å². The lowest BCUT2D eigenvalue weighted by Gasteiger charge is -2.31. The number of hydroxylamine groups is 1. The van der Waals surface area contributed by atoms with Gasteiger partial charge in [-0.25, -0.2) is 5.48 Å². The number of amides is 2. The summed E-state index contributed by atoms with van der Waals surface area (Å²) in [4.78, 5) is 30.0. The second-order valence-corrected chi connectivity index (χ2v) is 9.03. The summed E-state index contributed by atoms with van der Waals surface area (Å²) in [5.74, 6) is 0.270. The first-order valence-corrected chi connectivity index (χ1v) is 12.4. The maximum atomic E-state index is 13.6. The van der Waals surface area contributed by atoms with E-state index in [1.165, 1.54) is 5.39 Å². The van der Waals surface area contributed by atoms with Gasteiger partial charge in [0.15, 0.2) is 0 Å². The summed E-state index contributed by atoms with van der Waals surface area (Å²) in [5, 5.41) is 9.81. The molecule has 7 nitrogen and oxygen atoms in total. The summed E-state index contributed by atoms with van der Waals surface area (Å²) in [5.41, 5.74) is 5.68. The van der Waals surface area contributed by atoms with E-state index < -0.39 is 0 Å². The van der Waals surface area contributed by atoms with Gasteiger partial charge >= 0.3 is 0 Å². The molecule has 2 aromatic carbocycles. The number of unbranched alkanes of at least 4 members (excludes halogenated alkanes) is 3. The van der Waals surface area contributed by atoms with Crippen LogP contribution in [0.25, 0.3) is 16.5 Å². The van der Waals surface area contributed by atoms with Crippen molar-refractivity contribution in [1.82, 2.24) is 15.4 Å². The van der Waals surface area contributed by atoms with Crippen molar-refractivity contribution in [1.29, 1.82) is 0 Å². The van der Waals surface area contributed by atoms with Crippen LogP contribution >= 0.6 is 0 Å². The van der Waals surface area contributed by atoms with E-state index in [2.05, 4.69) is 47.5 Å². The van der Waals surface area contributed by atoms with Crippen LogP contribution in [0.4, 0.5) is 0 Å². The van der Waals surface area contributed by atoms with E-state index in [4.69, 9.17) is 9.94 Å². The molecule has 0 saturated carbocycles. The third kappa shape index (κ3) is 6.23. The van der Waals surface area contributed by atoms with Crippen molar-refractivity contribution in [2.45, 2.75) is 44.6 Å². The number of aromatic amines is 1. The molecule has 4 rings (SSSR count). The molecule has 3 N–H and O–H groups in total. The van der Waals surface area contributed by atoms with Gasteiger partial charge in [0.05, 0.1) is 13.2 Å². The van der Waals surface area contributed by atoms with Gasteiger partial charge in [0.2, 0.25) is 5.91 Å². The Morgan fingerprint density at radius 1 is 1.11 bits per heavy atom. The number of nitrogens with zero attached hydrogens (tertiary/aromatic N) is 1. The van der Waals surface area contributed by atoms with E-state index in [0.717, 1.165) is 42.3 Å². The van der Waals surface area contributed by atoms with Crippen LogP contribution in [0.5, 0.6) is 5.75 Å². The van der Waals surface area contributed by atoms with E-state index in [0.29, 0.717) is 30.7 Å². The fraction of sp³-hybridized carbons (Fsp3) is 0.310. The minimum atomic E-state index is -0.366. The molecule has 7 heteroatoms. The number of benzene rings is 2. The summed E-state index contributed by atoms with van der Waals surface area (Å²) < 4.78 is 5.32. The maximum absolute atomic E-state index is 13.6. The molecule has 0 aliphatic heterocycles. The SMILES string of the molecule is COc1cccc(C(=O)N(CCCCCCC(=O)NO)C2C=CC(c3ccc4cc[nH]c4c3)=CC2)c1. The average molecular weight is 488 g/mol. The Balaban J connectivity index is 1.44. The van der Waals surface area contributed by atoms with Gasteiger partial charge in [-0.3, -0.25) is 14.8 Å². The quantitative estimate of drug-likeness (QED) is 0.189. The standard InChI is InChI=1S/C29H33N3O4/c1-36-26-8-6-7-24(19-26)29(34)32(18-5-3-2-4-9-28(33)31-35)25-14-12-21(13-15-25)23-11-10-22-16-17-30-27(22)20-23/h6-8,10-14,16-17,19-20,25,30,35H,2-5,9,15,18H2,1H3,(H,31,33). The number of carbonyl (C=O) groups is 2. The van der Waals surface area contributed by atoms with Gasteiger partial charge in [-0.2, -0.15) is 0 Å². The minimum Gasteiger partial charge on any atom is -0.497 e. The smallest absolute Gasteiger partial charge is 0.254 e. The second kappa shape index (κ2) is 12.2. The van der Waals surface area contributed by atoms with Crippen LogP contribution in [0, 0.1) is 0 Å². The number of H-pyrrole nitrogens is 1. The van der Waals surface area contributed by atoms with Gasteiger partial charge in [0, 0.05) is 30.2 Å². The third-order valence-corrected chi connectivity index (χ3v) is 6.62. The maximum Gasteiger partial charge on any atom is 0.254 e. The van der Waals surface area contributed by atoms with Crippen molar-refractivity contribution in [3.63, 3.8) is 0 Å². The second-order valence-electron chi connectivity index (χ2n) is 9.03. The van der Waals surface area contributed by atoms with E-state index in [9.17, 15) is 9.59 Å². The zero-order valence-electron chi connectivity index (χ0n) is 20.6. The average Bonchev–Trinajstić information content (AvgIpc) is 3.40. The molecule has 2 amide bonds. The molecule has 36 heavy (non-hydrogen) atoms. The largest absolute Gasteiger partial charge is 0.497 e. The number of nitrogens with one attached hydrogen (secondary N) is 2.